The van der Waals surface area contributed by atoms with Crippen molar-refractivity contribution in [2.75, 3.05) is 53.6 Å². The number of ether oxygens (including phenoxy) is 2. The highest BCUT2D eigenvalue weighted by Crippen LogP contribution is 2.46. The minimum atomic E-state index is -0.850. The van der Waals surface area contributed by atoms with E-state index in [-0.39, 0.29) is 43.2 Å². The summed E-state index contributed by atoms with van der Waals surface area (Å²) in [6.45, 7) is 11.7. The molecule has 0 spiro atoms. The standard InChI is InChI=1S/C32H53N3O6/c1-7-9-14-34(15-11-10-13-33(5)6)28(37)20-35-19-25(23-16-24(21-36)30-27(17-23)40-22-41-30)29(31(38)39)26(35)18-32(3,4)12-8-2/h16-17,25-26,29,36H,7-15,18-22H2,1-6H3,(H,38,39)/t25-,26+,29-/m1/s1. The van der Waals surface area contributed by atoms with Crippen LogP contribution in [0.2, 0.25) is 0 Å². The lowest BCUT2D eigenvalue weighted by Crippen LogP contribution is -2.46. The van der Waals surface area contributed by atoms with Gasteiger partial charge in [-0.2, -0.15) is 0 Å². The normalized spacial score (nSPS) is 20.6. The molecule has 41 heavy (non-hydrogen) atoms. The Bertz CT molecular complexity index is 1010. The number of hydrogen-bond donors (Lipinski definition) is 2. The van der Waals surface area contributed by atoms with E-state index in [0.717, 1.165) is 63.7 Å². The van der Waals surface area contributed by atoms with E-state index in [0.29, 0.717) is 30.0 Å². The SMILES string of the molecule is CCCCN(CCCCN(C)C)C(=O)CN1C[C@H](c2cc(CO)c3c(c2)OCO3)[C@@H](C(=O)O)[C@@H]1CC(C)(C)CCC. The van der Waals surface area contributed by atoms with Crippen molar-refractivity contribution in [2.24, 2.45) is 11.3 Å². The summed E-state index contributed by atoms with van der Waals surface area (Å²) in [5.41, 5.74) is 1.34. The lowest BCUT2D eigenvalue weighted by atomic mass is 9.76. The van der Waals surface area contributed by atoms with Gasteiger partial charge in [0.1, 0.15) is 0 Å². The molecule has 3 atom stereocenters. The van der Waals surface area contributed by atoms with Crippen molar-refractivity contribution in [1.82, 2.24) is 14.7 Å². The Kier molecular flexibility index (Phi) is 12.3. The number of benzene rings is 1. The van der Waals surface area contributed by atoms with Crippen molar-refractivity contribution in [1.29, 1.82) is 0 Å². The monoisotopic (exact) mass is 575 g/mol. The maximum Gasteiger partial charge on any atom is 0.308 e. The molecular formula is C32H53N3O6. The Morgan fingerprint density at radius 2 is 1.76 bits per heavy atom. The quantitative estimate of drug-likeness (QED) is 0.261. The zero-order valence-electron chi connectivity index (χ0n) is 26.2. The summed E-state index contributed by atoms with van der Waals surface area (Å²) >= 11 is 0. The molecule has 0 aliphatic carbocycles. The van der Waals surface area contributed by atoms with Crippen LogP contribution in [0.3, 0.4) is 0 Å². The first-order valence-electron chi connectivity index (χ1n) is 15.4. The number of hydrogen-bond acceptors (Lipinski definition) is 7. The number of likely N-dealkylation sites (tertiary alicyclic amines) is 1. The molecule has 2 N–H and O–H groups in total. The number of aliphatic hydroxyl groups is 1. The summed E-state index contributed by atoms with van der Waals surface area (Å²) in [6.07, 6.45) is 6.63. The molecule has 0 aromatic heterocycles. The molecule has 0 unspecified atom stereocenters. The molecule has 232 valence electrons. The molecule has 0 saturated carbocycles. The van der Waals surface area contributed by atoms with Crippen LogP contribution in [0.1, 0.15) is 89.7 Å². The van der Waals surface area contributed by atoms with Gasteiger partial charge in [0.05, 0.1) is 19.1 Å². The predicted octanol–water partition coefficient (Wildman–Crippen LogP) is 4.56. The Balaban J connectivity index is 1.91. The van der Waals surface area contributed by atoms with Gasteiger partial charge in [-0.1, -0.05) is 40.5 Å². The van der Waals surface area contributed by atoms with Crippen molar-refractivity contribution in [3.05, 3.63) is 23.3 Å². The molecule has 1 fully saturated rings. The van der Waals surface area contributed by atoms with Crippen LogP contribution in [0.15, 0.2) is 12.1 Å². The first-order valence-corrected chi connectivity index (χ1v) is 15.4. The van der Waals surface area contributed by atoms with E-state index >= 15 is 0 Å². The van der Waals surface area contributed by atoms with Gasteiger partial charge in [0.25, 0.3) is 0 Å². The lowest BCUT2D eigenvalue weighted by Gasteiger charge is -2.35. The molecule has 0 radical (unpaired) electrons. The summed E-state index contributed by atoms with van der Waals surface area (Å²) in [7, 11) is 4.12. The maximum absolute atomic E-state index is 13.8. The number of carbonyl (C=O) groups excluding carboxylic acids is 1. The summed E-state index contributed by atoms with van der Waals surface area (Å²) < 4.78 is 11.2. The van der Waals surface area contributed by atoms with E-state index in [4.69, 9.17) is 9.47 Å². The van der Waals surface area contributed by atoms with Crippen LogP contribution in [-0.2, 0) is 16.2 Å². The third-order valence-electron chi connectivity index (χ3n) is 8.65. The second-order valence-corrected chi connectivity index (χ2v) is 12.9. The molecule has 2 heterocycles. The summed E-state index contributed by atoms with van der Waals surface area (Å²) in [4.78, 5) is 33.0. The molecule has 1 aromatic rings. The zero-order valence-corrected chi connectivity index (χ0v) is 26.2. The molecule has 1 amide bonds. The van der Waals surface area contributed by atoms with Gasteiger partial charge >= 0.3 is 5.97 Å². The fourth-order valence-corrected chi connectivity index (χ4v) is 6.58. The van der Waals surface area contributed by atoms with Gasteiger partial charge < -0.3 is 29.5 Å². The summed E-state index contributed by atoms with van der Waals surface area (Å²) in [5.74, 6) is -0.738. The smallest absolute Gasteiger partial charge is 0.308 e. The molecule has 3 rings (SSSR count). The molecule has 9 heteroatoms. The van der Waals surface area contributed by atoms with Crippen molar-refractivity contribution in [3.8, 4) is 11.5 Å². The number of aliphatic carboxylic acids is 1. The molecule has 1 aromatic carbocycles. The van der Waals surface area contributed by atoms with E-state index in [1.165, 1.54) is 0 Å². The van der Waals surface area contributed by atoms with Crippen LogP contribution in [-0.4, -0.2) is 96.4 Å². The highest BCUT2D eigenvalue weighted by atomic mass is 16.7. The van der Waals surface area contributed by atoms with E-state index < -0.39 is 11.9 Å². The van der Waals surface area contributed by atoms with E-state index in [9.17, 15) is 19.8 Å². The summed E-state index contributed by atoms with van der Waals surface area (Å²) in [6, 6.07) is 3.43. The van der Waals surface area contributed by atoms with Crippen LogP contribution in [0, 0.1) is 11.3 Å². The average molecular weight is 576 g/mol. The number of carbonyl (C=O) groups is 2. The van der Waals surface area contributed by atoms with Crippen molar-refractivity contribution >= 4 is 11.9 Å². The van der Waals surface area contributed by atoms with E-state index in [2.05, 4.69) is 51.6 Å². The van der Waals surface area contributed by atoms with Crippen LogP contribution in [0.25, 0.3) is 0 Å². The first kappa shape index (κ1) is 33.1. The number of fused-ring (bicyclic) bond motifs is 1. The second kappa shape index (κ2) is 15.2. The Hall–Kier alpha value is -2.36. The first-order chi connectivity index (χ1) is 19.5. The summed E-state index contributed by atoms with van der Waals surface area (Å²) in [5, 5.41) is 20.6. The van der Waals surface area contributed by atoms with Gasteiger partial charge in [-0.15, -0.1) is 0 Å². The third kappa shape index (κ3) is 8.82. The molecule has 1 saturated heterocycles. The van der Waals surface area contributed by atoms with Crippen LogP contribution >= 0.6 is 0 Å². The molecular weight excluding hydrogens is 522 g/mol. The number of amides is 1. The maximum atomic E-state index is 13.8. The Morgan fingerprint density at radius 1 is 1.05 bits per heavy atom. The van der Waals surface area contributed by atoms with Crippen LogP contribution in [0.4, 0.5) is 0 Å². The van der Waals surface area contributed by atoms with E-state index in [1.807, 2.05) is 17.0 Å². The highest BCUT2D eigenvalue weighted by Gasteiger charge is 2.49. The number of aliphatic hydroxyl groups excluding tert-OH is 1. The van der Waals surface area contributed by atoms with Gasteiger partial charge in [-0.25, -0.2) is 0 Å². The lowest BCUT2D eigenvalue weighted by molar-refractivity contribution is -0.144. The average Bonchev–Trinajstić information content (AvgIpc) is 3.52. The minimum Gasteiger partial charge on any atom is -0.481 e. The third-order valence-corrected chi connectivity index (χ3v) is 8.65. The number of rotatable bonds is 17. The van der Waals surface area contributed by atoms with Crippen molar-refractivity contribution in [2.45, 2.75) is 91.2 Å². The van der Waals surface area contributed by atoms with E-state index in [1.54, 1.807) is 0 Å². The topological polar surface area (TPSA) is 103 Å². The minimum absolute atomic E-state index is 0.0669. The van der Waals surface area contributed by atoms with Gasteiger partial charge in [-0.3, -0.25) is 14.5 Å². The molecule has 2 aliphatic heterocycles. The van der Waals surface area contributed by atoms with Crippen molar-refractivity contribution < 1.29 is 29.3 Å². The highest BCUT2D eigenvalue weighted by molar-refractivity contribution is 5.79. The van der Waals surface area contributed by atoms with Gasteiger partial charge in [-0.05, 0) is 75.9 Å². The Labute approximate surface area is 246 Å². The largest absolute Gasteiger partial charge is 0.481 e. The van der Waals surface area contributed by atoms with Gasteiger partial charge in [0.15, 0.2) is 11.5 Å². The number of carboxylic acids is 1. The van der Waals surface area contributed by atoms with Crippen LogP contribution in [0.5, 0.6) is 11.5 Å². The number of carboxylic acid groups (broad SMARTS) is 1. The van der Waals surface area contributed by atoms with Crippen LogP contribution < -0.4 is 9.47 Å². The Morgan fingerprint density at radius 3 is 2.39 bits per heavy atom. The second-order valence-electron chi connectivity index (χ2n) is 12.9. The van der Waals surface area contributed by atoms with Crippen molar-refractivity contribution in [3.63, 3.8) is 0 Å². The van der Waals surface area contributed by atoms with Gasteiger partial charge in [0.2, 0.25) is 12.7 Å². The molecule has 2 aliphatic rings. The predicted molar refractivity (Wildman–Crippen MR) is 160 cm³/mol. The zero-order chi connectivity index (χ0) is 30.2. The fourth-order valence-electron chi connectivity index (χ4n) is 6.58. The van der Waals surface area contributed by atoms with Gasteiger partial charge in [0, 0.05) is 37.2 Å². The molecule has 0 bridgehead atoms. The molecule has 9 nitrogen and oxygen atoms in total. The number of unbranched alkanes of at least 4 members (excludes halogenated alkanes) is 2. The number of nitrogens with zero attached hydrogens (tertiary/aromatic N) is 3. The fraction of sp³-hybridized carbons (Fsp3) is 0.750.